The summed E-state index contributed by atoms with van der Waals surface area (Å²) in [6, 6.07) is 1.93. The van der Waals surface area contributed by atoms with Crippen LogP contribution >= 0.6 is 11.6 Å². The van der Waals surface area contributed by atoms with E-state index >= 15 is 0 Å². The van der Waals surface area contributed by atoms with E-state index in [4.69, 9.17) is 11.6 Å². The van der Waals surface area contributed by atoms with Gasteiger partial charge in [0.1, 0.15) is 16.7 Å². The first-order valence-electron chi connectivity index (χ1n) is 5.83. The zero-order chi connectivity index (χ0) is 13.5. The smallest absolute Gasteiger partial charge is 0.136 e. The van der Waals surface area contributed by atoms with E-state index in [-0.39, 0.29) is 5.41 Å². The molecule has 2 heterocycles. The van der Waals surface area contributed by atoms with Crippen molar-refractivity contribution in [3.63, 3.8) is 0 Å². The highest BCUT2D eigenvalue weighted by atomic mass is 35.5. The summed E-state index contributed by atoms with van der Waals surface area (Å²) in [6.07, 6.45) is 1.89. The summed E-state index contributed by atoms with van der Waals surface area (Å²) in [5.74, 6) is 0.735. The van der Waals surface area contributed by atoms with Gasteiger partial charge in [0.15, 0.2) is 0 Å². The second kappa shape index (κ2) is 4.35. The number of halogens is 1. The molecule has 0 saturated carbocycles. The van der Waals surface area contributed by atoms with Crippen molar-refractivity contribution in [3.8, 4) is 11.4 Å². The van der Waals surface area contributed by atoms with Crippen LogP contribution in [0, 0.1) is 6.92 Å². The Morgan fingerprint density at radius 1 is 1.22 bits per heavy atom. The Hall–Kier alpha value is -1.42. The van der Waals surface area contributed by atoms with E-state index in [2.05, 4.69) is 35.8 Å². The monoisotopic (exact) mass is 264 g/mol. The molecule has 5 heteroatoms. The van der Waals surface area contributed by atoms with Gasteiger partial charge in [-0.15, -0.1) is 0 Å². The van der Waals surface area contributed by atoms with Crippen LogP contribution in [0.15, 0.2) is 12.3 Å². The Bertz CT molecular complexity index is 581. The van der Waals surface area contributed by atoms with Crippen LogP contribution in [0.1, 0.15) is 32.2 Å². The fourth-order valence-electron chi connectivity index (χ4n) is 1.62. The summed E-state index contributed by atoms with van der Waals surface area (Å²) in [6.45, 7) is 8.11. The Kier molecular flexibility index (Phi) is 3.15. The molecule has 4 nitrogen and oxygen atoms in total. The number of nitrogens with zero attached hydrogens (tertiary/aromatic N) is 4. The predicted molar refractivity (Wildman–Crippen MR) is 72.7 cm³/mol. The number of hydrogen-bond acceptors (Lipinski definition) is 3. The first-order chi connectivity index (χ1) is 8.29. The average Bonchev–Trinajstić information content (AvgIpc) is 2.67. The molecular formula is C13H17ClN4. The van der Waals surface area contributed by atoms with E-state index in [1.807, 2.05) is 26.2 Å². The Balaban J connectivity index is 2.63. The molecule has 0 amide bonds. The minimum absolute atomic E-state index is 0.138. The van der Waals surface area contributed by atoms with Crippen molar-refractivity contribution in [1.82, 2.24) is 19.7 Å². The molecule has 0 aliphatic carbocycles. The van der Waals surface area contributed by atoms with Crippen LogP contribution in [-0.4, -0.2) is 19.7 Å². The third-order valence-electron chi connectivity index (χ3n) is 2.71. The predicted octanol–water partition coefficient (Wildman–Crippen LogP) is 3.14. The van der Waals surface area contributed by atoms with Gasteiger partial charge in [-0.1, -0.05) is 32.4 Å². The van der Waals surface area contributed by atoms with Crippen LogP contribution in [0.2, 0.25) is 5.15 Å². The highest BCUT2D eigenvalue weighted by Crippen LogP contribution is 2.28. The van der Waals surface area contributed by atoms with Gasteiger partial charge in [-0.2, -0.15) is 5.10 Å². The third kappa shape index (κ3) is 2.38. The van der Waals surface area contributed by atoms with Crippen LogP contribution in [-0.2, 0) is 12.5 Å². The van der Waals surface area contributed by atoms with E-state index in [9.17, 15) is 0 Å². The first kappa shape index (κ1) is 13.0. The summed E-state index contributed by atoms with van der Waals surface area (Å²) in [5, 5.41) is 4.87. The van der Waals surface area contributed by atoms with Crippen molar-refractivity contribution in [2.45, 2.75) is 33.1 Å². The molecule has 2 rings (SSSR count). The SMILES string of the molecule is Cc1c(Cl)nc(C(C)(C)C)nc1-c1ccn(C)n1. The number of rotatable bonds is 1. The van der Waals surface area contributed by atoms with E-state index in [0.717, 1.165) is 22.8 Å². The molecule has 0 atom stereocenters. The molecule has 2 aromatic heterocycles. The summed E-state index contributed by atoms with van der Waals surface area (Å²) in [7, 11) is 1.88. The van der Waals surface area contributed by atoms with Gasteiger partial charge in [0.05, 0.1) is 5.69 Å². The van der Waals surface area contributed by atoms with E-state index in [1.54, 1.807) is 4.68 Å². The molecule has 0 aliphatic rings. The van der Waals surface area contributed by atoms with E-state index in [0.29, 0.717) is 5.15 Å². The second-order valence-electron chi connectivity index (χ2n) is 5.44. The molecule has 0 aliphatic heterocycles. The van der Waals surface area contributed by atoms with Gasteiger partial charge < -0.3 is 0 Å². The molecule has 0 aromatic carbocycles. The molecule has 0 bridgehead atoms. The zero-order valence-electron chi connectivity index (χ0n) is 11.3. The highest BCUT2D eigenvalue weighted by molar-refractivity contribution is 6.30. The Labute approximate surface area is 112 Å². The Morgan fingerprint density at radius 2 is 1.89 bits per heavy atom. The number of aryl methyl sites for hydroxylation is 1. The molecule has 0 spiro atoms. The maximum absolute atomic E-state index is 6.20. The fraction of sp³-hybridized carbons (Fsp3) is 0.462. The Morgan fingerprint density at radius 3 is 2.39 bits per heavy atom. The summed E-state index contributed by atoms with van der Waals surface area (Å²) >= 11 is 6.20. The molecule has 18 heavy (non-hydrogen) atoms. The summed E-state index contributed by atoms with van der Waals surface area (Å²) < 4.78 is 1.75. The van der Waals surface area contributed by atoms with Gasteiger partial charge in [-0.05, 0) is 13.0 Å². The van der Waals surface area contributed by atoms with Gasteiger partial charge >= 0.3 is 0 Å². The van der Waals surface area contributed by atoms with Crippen molar-refractivity contribution in [2.24, 2.45) is 7.05 Å². The summed E-state index contributed by atoms with van der Waals surface area (Å²) in [4.78, 5) is 8.97. The van der Waals surface area contributed by atoms with Crippen molar-refractivity contribution in [2.75, 3.05) is 0 Å². The lowest BCUT2D eigenvalue weighted by atomic mass is 9.95. The molecular weight excluding hydrogens is 248 g/mol. The molecule has 0 saturated heterocycles. The van der Waals surface area contributed by atoms with Gasteiger partial charge in [0.25, 0.3) is 0 Å². The maximum atomic E-state index is 6.20. The maximum Gasteiger partial charge on any atom is 0.136 e. The highest BCUT2D eigenvalue weighted by Gasteiger charge is 2.21. The standard InChI is InChI=1S/C13H17ClN4/c1-8-10(9-6-7-18(5)17-9)15-12(13(2,3)4)16-11(8)14/h6-7H,1-5H3. The van der Waals surface area contributed by atoms with Crippen LogP contribution in [0.5, 0.6) is 0 Å². The van der Waals surface area contributed by atoms with E-state index < -0.39 is 0 Å². The molecule has 96 valence electrons. The summed E-state index contributed by atoms with van der Waals surface area (Å²) in [5.41, 5.74) is 2.36. The van der Waals surface area contributed by atoms with Crippen molar-refractivity contribution in [1.29, 1.82) is 0 Å². The molecule has 0 radical (unpaired) electrons. The van der Waals surface area contributed by atoms with Crippen molar-refractivity contribution in [3.05, 3.63) is 28.8 Å². The molecule has 0 fully saturated rings. The zero-order valence-corrected chi connectivity index (χ0v) is 12.1. The van der Waals surface area contributed by atoms with Gasteiger partial charge in [0.2, 0.25) is 0 Å². The number of aromatic nitrogens is 4. The minimum Gasteiger partial charge on any atom is -0.275 e. The average molecular weight is 265 g/mol. The van der Waals surface area contributed by atoms with E-state index in [1.165, 1.54) is 0 Å². The largest absolute Gasteiger partial charge is 0.275 e. The van der Waals surface area contributed by atoms with Crippen LogP contribution in [0.3, 0.4) is 0 Å². The van der Waals surface area contributed by atoms with Crippen molar-refractivity contribution < 1.29 is 0 Å². The van der Waals surface area contributed by atoms with Gasteiger partial charge in [-0.25, -0.2) is 9.97 Å². The molecule has 2 aromatic rings. The van der Waals surface area contributed by atoms with Crippen LogP contribution < -0.4 is 0 Å². The fourth-order valence-corrected chi connectivity index (χ4v) is 1.79. The lowest BCUT2D eigenvalue weighted by Crippen LogP contribution is -2.17. The molecule has 0 unspecified atom stereocenters. The van der Waals surface area contributed by atoms with Crippen molar-refractivity contribution >= 4 is 11.6 Å². The minimum atomic E-state index is -0.138. The lowest BCUT2D eigenvalue weighted by molar-refractivity contribution is 0.545. The van der Waals surface area contributed by atoms with Gasteiger partial charge in [-0.3, -0.25) is 4.68 Å². The third-order valence-corrected chi connectivity index (χ3v) is 3.08. The topological polar surface area (TPSA) is 43.6 Å². The second-order valence-corrected chi connectivity index (χ2v) is 5.79. The quantitative estimate of drug-likeness (QED) is 0.743. The van der Waals surface area contributed by atoms with Gasteiger partial charge in [0, 0.05) is 24.2 Å². The number of hydrogen-bond donors (Lipinski definition) is 0. The van der Waals surface area contributed by atoms with Crippen LogP contribution in [0.25, 0.3) is 11.4 Å². The first-order valence-corrected chi connectivity index (χ1v) is 6.21. The normalized spacial score (nSPS) is 11.9. The lowest BCUT2D eigenvalue weighted by Gasteiger charge is -2.18. The van der Waals surface area contributed by atoms with Crippen LogP contribution in [0.4, 0.5) is 0 Å². The molecule has 0 N–H and O–H groups in total.